The molecule has 0 spiro atoms. The van der Waals surface area contributed by atoms with Crippen molar-refractivity contribution >= 4 is 11.6 Å². The molecule has 2 aliphatic heterocycles. The zero-order chi connectivity index (χ0) is 29.5. The first-order valence-electron chi connectivity index (χ1n) is 15.6. The summed E-state index contributed by atoms with van der Waals surface area (Å²) in [5, 5.41) is 14.0. The summed E-state index contributed by atoms with van der Waals surface area (Å²) in [6.45, 7) is 3.15. The Kier molecular flexibility index (Phi) is 7.49. The molecule has 1 aliphatic carbocycles. The van der Waals surface area contributed by atoms with Crippen LogP contribution in [0.5, 0.6) is 0 Å². The van der Waals surface area contributed by atoms with Gasteiger partial charge in [-0.1, -0.05) is 36.4 Å². The molecule has 0 radical (unpaired) electrons. The number of aliphatic hydroxyl groups is 1. The molecule has 222 valence electrons. The standard InChI is InChI=1S/C35H39N5O3/c1-38-21-30(37-29(34(38)42)19-23-9-11-24(12-10-23)25-13-15-36-16-14-25)27-6-4-8-32(28(27)22-41)40-18-17-39-31-7-3-2-5-26(31)20-33(39)35(40)43/h4,6,8-12,20-21,25,36,41H,2-3,5,7,13-19,22H2,1H3. The number of hydrogen-bond donors (Lipinski definition) is 2. The van der Waals surface area contributed by atoms with Gasteiger partial charge in [-0.25, -0.2) is 4.98 Å². The van der Waals surface area contributed by atoms with E-state index in [9.17, 15) is 14.7 Å². The fraction of sp³-hybridized carbons (Fsp3) is 0.400. The maximum atomic E-state index is 13.8. The van der Waals surface area contributed by atoms with Crippen LogP contribution in [0.15, 0.2) is 59.5 Å². The number of aryl methyl sites for hydroxylation is 2. The van der Waals surface area contributed by atoms with Gasteiger partial charge < -0.3 is 24.5 Å². The van der Waals surface area contributed by atoms with Gasteiger partial charge in [-0.2, -0.15) is 0 Å². The predicted octanol–water partition coefficient (Wildman–Crippen LogP) is 4.34. The highest BCUT2D eigenvalue weighted by Gasteiger charge is 2.31. The number of piperidine rings is 1. The van der Waals surface area contributed by atoms with E-state index in [0.717, 1.165) is 62.1 Å². The Morgan fingerprint density at radius 1 is 1.00 bits per heavy atom. The Hall–Kier alpha value is -4.01. The van der Waals surface area contributed by atoms with E-state index in [1.54, 1.807) is 22.7 Å². The molecule has 0 unspecified atom stereocenters. The molecule has 1 amide bonds. The SMILES string of the molecule is Cn1cc(-c2cccc(N3CCn4c(cc5c4CCCC5)C3=O)c2CO)nc(Cc2ccc(C3CCNCC3)cc2)c1=O. The second-order valence-corrected chi connectivity index (χ2v) is 12.2. The van der Waals surface area contributed by atoms with Gasteiger partial charge in [-0.05, 0) is 86.4 Å². The van der Waals surface area contributed by atoms with E-state index in [2.05, 4.69) is 40.2 Å². The summed E-state index contributed by atoms with van der Waals surface area (Å²) >= 11 is 0. The summed E-state index contributed by atoms with van der Waals surface area (Å²) in [5.41, 5.74) is 8.74. The van der Waals surface area contributed by atoms with Crippen molar-refractivity contribution in [1.82, 2.24) is 19.4 Å². The van der Waals surface area contributed by atoms with Crippen LogP contribution in [0, 0.1) is 0 Å². The summed E-state index contributed by atoms with van der Waals surface area (Å²) in [7, 11) is 1.74. The predicted molar refractivity (Wildman–Crippen MR) is 168 cm³/mol. The number of carbonyl (C=O) groups excluding carboxylic acids is 1. The van der Waals surface area contributed by atoms with E-state index >= 15 is 0 Å². The molecule has 0 atom stereocenters. The third kappa shape index (κ3) is 5.12. The lowest BCUT2D eigenvalue weighted by Gasteiger charge is -2.31. The minimum Gasteiger partial charge on any atom is -0.392 e. The number of aromatic nitrogens is 3. The largest absolute Gasteiger partial charge is 0.392 e. The van der Waals surface area contributed by atoms with Gasteiger partial charge in [0.15, 0.2) is 0 Å². The van der Waals surface area contributed by atoms with E-state index in [0.29, 0.717) is 41.5 Å². The topological polar surface area (TPSA) is 92.4 Å². The molecule has 2 aromatic carbocycles. The molecule has 4 aromatic rings. The minimum absolute atomic E-state index is 0.0328. The van der Waals surface area contributed by atoms with Crippen LogP contribution in [-0.2, 0) is 39.5 Å². The van der Waals surface area contributed by atoms with Gasteiger partial charge in [0.2, 0.25) is 0 Å². The first-order chi connectivity index (χ1) is 21.0. The monoisotopic (exact) mass is 577 g/mol. The number of carbonyl (C=O) groups is 1. The van der Waals surface area contributed by atoms with Crippen molar-refractivity contribution in [2.75, 3.05) is 24.5 Å². The van der Waals surface area contributed by atoms with Gasteiger partial charge in [0.25, 0.3) is 11.5 Å². The first kappa shape index (κ1) is 27.8. The fourth-order valence-corrected chi connectivity index (χ4v) is 7.27. The third-order valence-corrected chi connectivity index (χ3v) is 9.60. The van der Waals surface area contributed by atoms with Crippen LogP contribution in [-0.4, -0.2) is 44.8 Å². The van der Waals surface area contributed by atoms with Crippen LogP contribution in [0.1, 0.15) is 75.7 Å². The molecule has 7 rings (SSSR count). The highest BCUT2D eigenvalue weighted by molar-refractivity contribution is 6.07. The smallest absolute Gasteiger partial charge is 0.274 e. The Morgan fingerprint density at radius 2 is 1.79 bits per heavy atom. The average molecular weight is 578 g/mol. The molecule has 2 N–H and O–H groups in total. The number of nitrogens with zero attached hydrogens (tertiary/aromatic N) is 4. The first-order valence-corrected chi connectivity index (χ1v) is 15.6. The minimum atomic E-state index is -0.245. The summed E-state index contributed by atoms with van der Waals surface area (Å²) in [4.78, 5) is 33.6. The van der Waals surface area contributed by atoms with E-state index in [-0.39, 0.29) is 18.1 Å². The molecule has 1 saturated heterocycles. The quantitative estimate of drug-likeness (QED) is 0.356. The lowest BCUT2D eigenvalue weighted by Crippen LogP contribution is -2.41. The number of amides is 1. The second-order valence-electron chi connectivity index (χ2n) is 12.2. The summed E-state index contributed by atoms with van der Waals surface area (Å²) in [6.07, 6.45) is 8.84. The molecule has 43 heavy (non-hydrogen) atoms. The van der Waals surface area contributed by atoms with Crippen LogP contribution >= 0.6 is 0 Å². The zero-order valence-corrected chi connectivity index (χ0v) is 24.8. The van der Waals surface area contributed by atoms with Crippen molar-refractivity contribution < 1.29 is 9.90 Å². The summed E-state index contributed by atoms with van der Waals surface area (Å²) < 4.78 is 3.77. The molecule has 1 fully saturated rings. The number of benzene rings is 2. The van der Waals surface area contributed by atoms with Crippen molar-refractivity contribution in [3.63, 3.8) is 0 Å². The molecular weight excluding hydrogens is 538 g/mol. The van der Waals surface area contributed by atoms with Crippen molar-refractivity contribution in [3.05, 3.63) is 104 Å². The highest BCUT2D eigenvalue weighted by Crippen LogP contribution is 2.35. The molecule has 0 bridgehead atoms. The van der Waals surface area contributed by atoms with E-state index in [1.807, 2.05) is 18.2 Å². The van der Waals surface area contributed by atoms with Gasteiger partial charge in [-0.3, -0.25) is 9.59 Å². The van der Waals surface area contributed by atoms with Crippen LogP contribution < -0.4 is 15.8 Å². The molecule has 3 aliphatic rings. The number of aliphatic hydroxyl groups excluding tert-OH is 1. The summed E-state index contributed by atoms with van der Waals surface area (Å²) in [6, 6.07) is 16.4. The maximum Gasteiger partial charge on any atom is 0.274 e. The molecule has 0 saturated carbocycles. The number of hydrogen-bond acceptors (Lipinski definition) is 5. The van der Waals surface area contributed by atoms with Crippen LogP contribution in [0.2, 0.25) is 0 Å². The van der Waals surface area contributed by atoms with Crippen LogP contribution in [0.3, 0.4) is 0 Å². The zero-order valence-electron chi connectivity index (χ0n) is 24.8. The normalized spacial score (nSPS) is 17.2. The van der Waals surface area contributed by atoms with Crippen molar-refractivity contribution in [1.29, 1.82) is 0 Å². The van der Waals surface area contributed by atoms with E-state index < -0.39 is 0 Å². The van der Waals surface area contributed by atoms with Crippen molar-refractivity contribution in [2.24, 2.45) is 7.05 Å². The second kappa shape index (κ2) is 11.6. The van der Waals surface area contributed by atoms with Crippen LogP contribution in [0.25, 0.3) is 11.3 Å². The Morgan fingerprint density at radius 3 is 2.58 bits per heavy atom. The van der Waals surface area contributed by atoms with Gasteiger partial charge in [0, 0.05) is 49.6 Å². The molecule has 8 heteroatoms. The lowest BCUT2D eigenvalue weighted by atomic mass is 9.89. The maximum absolute atomic E-state index is 13.8. The van der Waals surface area contributed by atoms with Gasteiger partial charge in [0.1, 0.15) is 11.4 Å². The Balaban J connectivity index is 1.19. The summed E-state index contributed by atoms with van der Waals surface area (Å²) in [5.74, 6) is 0.546. The van der Waals surface area contributed by atoms with Gasteiger partial charge in [0.05, 0.1) is 18.0 Å². The van der Waals surface area contributed by atoms with E-state index in [4.69, 9.17) is 4.98 Å². The Bertz CT molecular complexity index is 1730. The lowest BCUT2D eigenvalue weighted by molar-refractivity contribution is 0.0964. The average Bonchev–Trinajstić information content (AvgIpc) is 3.43. The number of nitrogens with one attached hydrogen (secondary N) is 1. The van der Waals surface area contributed by atoms with Crippen LogP contribution in [0.4, 0.5) is 5.69 Å². The molecular formula is C35H39N5O3. The number of rotatable bonds is 6. The molecule has 4 heterocycles. The van der Waals surface area contributed by atoms with Gasteiger partial charge >= 0.3 is 0 Å². The Labute approximate surface area is 252 Å². The highest BCUT2D eigenvalue weighted by atomic mass is 16.3. The van der Waals surface area contributed by atoms with Crippen molar-refractivity contribution in [2.45, 2.75) is 64.0 Å². The third-order valence-electron chi connectivity index (χ3n) is 9.60. The fourth-order valence-electron chi connectivity index (χ4n) is 7.27. The molecule has 2 aromatic heterocycles. The molecule has 8 nitrogen and oxygen atoms in total. The number of fused-ring (bicyclic) bond motifs is 3. The van der Waals surface area contributed by atoms with E-state index in [1.165, 1.54) is 29.7 Å². The van der Waals surface area contributed by atoms with Crippen molar-refractivity contribution in [3.8, 4) is 11.3 Å². The van der Waals surface area contributed by atoms with Gasteiger partial charge in [-0.15, -0.1) is 0 Å². The number of anilines is 1.